The third-order valence-electron chi connectivity index (χ3n) is 1.67. The molecule has 0 heterocycles. The maximum atomic E-state index is 13.2. The van der Waals surface area contributed by atoms with E-state index in [0.29, 0.717) is 11.4 Å². The lowest BCUT2D eigenvalue weighted by Gasteiger charge is -2.03. The molecular formula is C9H12FNOS2. The van der Waals surface area contributed by atoms with Crippen LogP contribution in [-0.4, -0.2) is 22.0 Å². The van der Waals surface area contributed by atoms with E-state index in [1.165, 1.54) is 12.1 Å². The molecular weight excluding hydrogens is 221 g/mol. The highest BCUT2D eigenvalue weighted by Gasteiger charge is 2.09. The second-order valence-electron chi connectivity index (χ2n) is 2.73. The number of nitrogens with two attached hydrogens (primary N) is 1. The number of anilines is 1. The molecule has 0 spiro atoms. The molecule has 0 radical (unpaired) electrons. The summed E-state index contributed by atoms with van der Waals surface area (Å²) in [6, 6.07) is 4.25. The molecule has 0 amide bonds. The van der Waals surface area contributed by atoms with E-state index >= 15 is 0 Å². The molecule has 14 heavy (non-hydrogen) atoms. The van der Waals surface area contributed by atoms with E-state index in [4.69, 9.17) is 5.73 Å². The van der Waals surface area contributed by atoms with Gasteiger partial charge in [-0.3, -0.25) is 4.21 Å². The Kier molecular flexibility index (Phi) is 4.41. The lowest BCUT2D eigenvalue weighted by Crippen LogP contribution is -2.03. The second-order valence-corrected chi connectivity index (χ2v) is 5.26. The highest BCUT2D eigenvalue weighted by Crippen LogP contribution is 2.16. The maximum absolute atomic E-state index is 13.2. The van der Waals surface area contributed by atoms with Crippen LogP contribution in [0.4, 0.5) is 10.1 Å². The normalized spacial score (nSPS) is 12.7. The van der Waals surface area contributed by atoms with Crippen molar-refractivity contribution in [1.29, 1.82) is 0 Å². The summed E-state index contributed by atoms with van der Waals surface area (Å²) in [5.41, 5.74) is 5.74. The van der Waals surface area contributed by atoms with Crippen molar-refractivity contribution in [3.8, 4) is 0 Å². The van der Waals surface area contributed by atoms with Crippen LogP contribution >= 0.6 is 11.8 Å². The van der Waals surface area contributed by atoms with Crippen molar-refractivity contribution in [3.63, 3.8) is 0 Å². The van der Waals surface area contributed by atoms with Crippen molar-refractivity contribution in [2.24, 2.45) is 0 Å². The van der Waals surface area contributed by atoms with Crippen molar-refractivity contribution in [1.82, 2.24) is 0 Å². The zero-order chi connectivity index (χ0) is 10.6. The number of halogens is 1. The predicted molar refractivity (Wildman–Crippen MR) is 60.5 cm³/mol. The minimum atomic E-state index is -1.25. The van der Waals surface area contributed by atoms with E-state index in [1.807, 2.05) is 6.26 Å². The van der Waals surface area contributed by atoms with Gasteiger partial charge in [0.2, 0.25) is 0 Å². The molecule has 2 nitrogen and oxygen atoms in total. The quantitative estimate of drug-likeness (QED) is 0.807. The summed E-state index contributed by atoms with van der Waals surface area (Å²) in [5.74, 6) is 0.753. The Morgan fingerprint density at radius 1 is 1.57 bits per heavy atom. The molecule has 0 saturated heterocycles. The van der Waals surface area contributed by atoms with Crippen LogP contribution < -0.4 is 5.73 Å². The monoisotopic (exact) mass is 233 g/mol. The Balaban J connectivity index is 2.80. The molecule has 0 aliphatic rings. The lowest BCUT2D eigenvalue weighted by atomic mass is 10.3. The summed E-state index contributed by atoms with van der Waals surface area (Å²) < 4.78 is 24.8. The van der Waals surface area contributed by atoms with Crippen molar-refractivity contribution < 1.29 is 8.60 Å². The average Bonchev–Trinajstić information content (AvgIpc) is 2.14. The van der Waals surface area contributed by atoms with Gasteiger partial charge >= 0.3 is 0 Å². The minimum absolute atomic E-state index is 0.244. The van der Waals surface area contributed by atoms with Crippen molar-refractivity contribution in [2.75, 3.05) is 23.5 Å². The molecule has 0 aliphatic heterocycles. The van der Waals surface area contributed by atoms with Crippen molar-refractivity contribution in [3.05, 3.63) is 24.0 Å². The molecule has 0 saturated carbocycles. The number of benzene rings is 1. The summed E-state index contributed by atoms with van der Waals surface area (Å²) in [4.78, 5) is 0.244. The highest BCUT2D eigenvalue weighted by atomic mass is 32.2. The van der Waals surface area contributed by atoms with Gasteiger partial charge < -0.3 is 5.73 Å². The Labute approximate surface area is 89.5 Å². The zero-order valence-electron chi connectivity index (χ0n) is 7.83. The molecule has 1 unspecified atom stereocenters. The smallest absolute Gasteiger partial charge is 0.141 e. The van der Waals surface area contributed by atoms with E-state index in [-0.39, 0.29) is 4.90 Å². The zero-order valence-corrected chi connectivity index (χ0v) is 9.46. The van der Waals surface area contributed by atoms with Gasteiger partial charge in [-0.1, -0.05) is 0 Å². The van der Waals surface area contributed by atoms with Crippen LogP contribution in [0.5, 0.6) is 0 Å². The first-order chi connectivity index (χ1) is 6.65. The number of hydrogen-bond donors (Lipinski definition) is 1. The summed E-state index contributed by atoms with van der Waals surface area (Å²) in [6.07, 6.45) is 1.93. The number of nitrogen functional groups attached to an aromatic ring is 1. The van der Waals surface area contributed by atoms with E-state index in [1.54, 1.807) is 17.8 Å². The predicted octanol–water partition coefficient (Wildman–Crippen LogP) is 1.88. The van der Waals surface area contributed by atoms with Gasteiger partial charge in [-0.25, -0.2) is 4.39 Å². The average molecular weight is 233 g/mol. The number of hydrogen-bond acceptors (Lipinski definition) is 3. The summed E-state index contributed by atoms with van der Waals surface area (Å²) >= 11 is 1.59. The van der Waals surface area contributed by atoms with Gasteiger partial charge in [-0.05, 0) is 24.5 Å². The first-order valence-corrected chi connectivity index (χ1v) is 6.78. The molecule has 2 N–H and O–H groups in total. The van der Waals surface area contributed by atoms with E-state index in [2.05, 4.69) is 0 Å². The summed E-state index contributed by atoms with van der Waals surface area (Å²) in [5, 5.41) is 0. The Morgan fingerprint density at radius 2 is 2.29 bits per heavy atom. The Morgan fingerprint density at radius 3 is 2.86 bits per heavy atom. The molecule has 1 rings (SSSR count). The minimum Gasteiger partial charge on any atom is -0.399 e. The molecule has 1 atom stereocenters. The lowest BCUT2D eigenvalue weighted by molar-refractivity contribution is 0.596. The van der Waals surface area contributed by atoms with Gasteiger partial charge in [0.25, 0.3) is 0 Å². The maximum Gasteiger partial charge on any atom is 0.141 e. The molecule has 0 fully saturated rings. The van der Waals surface area contributed by atoms with E-state index < -0.39 is 16.6 Å². The van der Waals surface area contributed by atoms with Gasteiger partial charge in [0.05, 0.1) is 15.7 Å². The van der Waals surface area contributed by atoms with Gasteiger partial charge in [-0.15, -0.1) is 0 Å². The molecule has 1 aromatic rings. The first kappa shape index (κ1) is 11.5. The SMILES string of the molecule is CSCCS(=O)c1ccc(N)cc1F. The number of thioether (sulfide) groups is 1. The second kappa shape index (κ2) is 5.36. The third kappa shape index (κ3) is 2.99. The molecule has 0 aromatic heterocycles. The molecule has 5 heteroatoms. The Bertz CT molecular complexity index is 344. The molecule has 0 bridgehead atoms. The van der Waals surface area contributed by atoms with Crippen molar-refractivity contribution >= 4 is 28.2 Å². The fourth-order valence-electron chi connectivity index (χ4n) is 0.971. The van der Waals surface area contributed by atoms with Crippen LogP contribution in [0.15, 0.2) is 23.1 Å². The van der Waals surface area contributed by atoms with Crippen LogP contribution in [0.2, 0.25) is 0 Å². The van der Waals surface area contributed by atoms with Crippen LogP contribution in [0.25, 0.3) is 0 Å². The fourth-order valence-corrected chi connectivity index (χ4v) is 2.96. The van der Waals surface area contributed by atoms with Crippen molar-refractivity contribution in [2.45, 2.75) is 4.90 Å². The van der Waals surface area contributed by atoms with Crippen LogP contribution in [0.3, 0.4) is 0 Å². The molecule has 78 valence electrons. The largest absolute Gasteiger partial charge is 0.399 e. The van der Waals surface area contributed by atoms with Crippen LogP contribution in [0, 0.1) is 5.82 Å². The van der Waals surface area contributed by atoms with Crippen LogP contribution in [-0.2, 0) is 10.8 Å². The van der Waals surface area contributed by atoms with Gasteiger partial charge in [0, 0.05) is 17.2 Å². The number of rotatable bonds is 4. The summed E-state index contributed by atoms with van der Waals surface area (Å²) in [6.45, 7) is 0. The van der Waals surface area contributed by atoms with Gasteiger partial charge in [0.15, 0.2) is 0 Å². The first-order valence-electron chi connectivity index (χ1n) is 4.07. The van der Waals surface area contributed by atoms with Crippen LogP contribution in [0.1, 0.15) is 0 Å². The summed E-state index contributed by atoms with van der Waals surface area (Å²) in [7, 11) is -1.25. The van der Waals surface area contributed by atoms with Gasteiger partial charge in [-0.2, -0.15) is 11.8 Å². The fraction of sp³-hybridized carbons (Fsp3) is 0.333. The Hall–Kier alpha value is -0.550. The molecule has 1 aromatic carbocycles. The van der Waals surface area contributed by atoms with Gasteiger partial charge in [0.1, 0.15) is 5.82 Å². The molecule has 0 aliphatic carbocycles. The van der Waals surface area contributed by atoms with E-state index in [9.17, 15) is 8.60 Å². The third-order valence-corrected chi connectivity index (χ3v) is 3.94. The highest BCUT2D eigenvalue weighted by molar-refractivity contribution is 7.99. The standard InChI is InChI=1S/C9H12FNOS2/c1-13-4-5-14(12)9-3-2-7(11)6-8(9)10/h2-3,6H,4-5,11H2,1H3. The van der Waals surface area contributed by atoms with E-state index in [0.717, 1.165) is 5.75 Å². The topological polar surface area (TPSA) is 43.1 Å².